The molecule has 0 aliphatic heterocycles. The molecule has 6 heteroatoms. The number of rotatable bonds is 6. The molecule has 0 aliphatic carbocycles. The summed E-state index contributed by atoms with van der Waals surface area (Å²) in [5, 5.41) is 0. The number of alkyl halides is 2. The molecule has 1 atom stereocenters. The van der Waals surface area contributed by atoms with Crippen LogP contribution in [-0.2, 0) is 9.84 Å². The number of benzene rings is 1. The molecule has 1 unspecified atom stereocenters. The van der Waals surface area contributed by atoms with E-state index in [1.807, 2.05) is 30.3 Å². The third-order valence-electron chi connectivity index (χ3n) is 1.78. The molecule has 0 aliphatic rings. The van der Waals surface area contributed by atoms with Gasteiger partial charge in [0.05, 0.1) is 10.6 Å². The van der Waals surface area contributed by atoms with Crippen molar-refractivity contribution in [2.75, 3.05) is 17.0 Å². The van der Waals surface area contributed by atoms with Crippen LogP contribution in [0, 0.1) is 0 Å². The van der Waals surface area contributed by atoms with Crippen molar-refractivity contribution in [1.82, 2.24) is 0 Å². The predicted molar refractivity (Wildman–Crippen MR) is 72.2 cm³/mol. The quantitative estimate of drug-likeness (QED) is 0.722. The third kappa shape index (κ3) is 5.32. The highest BCUT2D eigenvalue weighted by Crippen LogP contribution is 2.12. The second-order valence-corrected chi connectivity index (χ2v) is 7.95. The van der Waals surface area contributed by atoms with Gasteiger partial charge in [0.15, 0.2) is 9.84 Å². The molecule has 1 aromatic rings. The maximum atomic E-state index is 11.3. The van der Waals surface area contributed by atoms with Crippen LogP contribution in [0.5, 0.6) is 5.75 Å². The lowest BCUT2D eigenvalue weighted by atomic mass is 10.3. The average Bonchev–Trinajstić information content (AvgIpc) is 2.27. The summed E-state index contributed by atoms with van der Waals surface area (Å²) in [6, 6.07) is 9.30. The number of hydrogen-bond donors (Lipinski definition) is 0. The van der Waals surface area contributed by atoms with Crippen LogP contribution < -0.4 is 4.74 Å². The molecule has 16 heavy (non-hydrogen) atoms. The van der Waals surface area contributed by atoms with Crippen molar-refractivity contribution in [2.45, 2.75) is 4.83 Å². The average molecular weight is 372 g/mol. The smallest absolute Gasteiger partial charge is 0.161 e. The molecule has 0 saturated heterocycles. The lowest BCUT2D eigenvalue weighted by molar-refractivity contribution is 0.324. The highest BCUT2D eigenvalue weighted by Gasteiger charge is 2.16. The largest absolute Gasteiger partial charge is 0.492 e. The van der Waals surface area contributed by atoms with Crippen LogP contribution in [0.25, 0.3) is 0 Å². The molecule has 0 amide bonds. The second-order valence-electron chi connectivity index (χ2n) is 3.24. The second kappa shape index (κ2) is 6.61. The summed E-state index contributed by atoms with van der Waals surface area (Å²) in [7, 11) is -3.03. The Morgan fingerprint density at radius 3 is 2.44 bits per heavy atom. The standard InChI is InChI=1S/C10H12Br2O3S/c11-8-16(13,14)7-9(12)6-15-10-4-2-1-3-5-10/h1-5,9H,6-8H2. The van der Waals surface area contributed by atoms with Gasteiger partial charge in [0.1, 0.15) is 17.0 Å². The molecule has 0 spiro atoms. The van der Waals surface area contributed by atoms with Crippen molar-refractivity contribution in [2.24, 2.45) is 0 Å². The molecule has 0 saturated carbocycles. The van der Waals surface area contributed by atoms with E-state index in [0.717, 1.165) is 5.75 Å². The van der Waals surface area contributed by atoms with Crippen molar-refractivity contribution in [3.05, 3.63) is 30.3 Å². The Hall–Kier alpha value is -0.0700. The van der Waals surface area contributed by atoms with E-state index in [1.165, 1.54) is 0 Å². The Morgan fingerprint density at radius 2 is 1.88 bits per heavy atom. The molecule has 0 fully saturated rings. The summed E-state index contributed by atoms with van der Waals surface area (Å²) in [6.07, 6.45) is 0. The topological polar surface area (TPSA) is 43.4 Å². The minimum atomic E-state index is -3.03. The first kappa shape index (κ1) is 14.0. The van der Waals surface area contributed by atoms with Crippen LogP contribution in [-0.4, -0.2) is 30.3 Å². The van der Waals surface area contributed by atoms with Gasteiger partial charge in [0.2, 0.25) is 0 Å². The minimum Gasteiger partial charge on any atom is -0.492 e. The molecule has 3 nitrogen and oxygen atoms in total. The zero-order chi connectivity index (χ0) is 12.0. The molecule has 0 N–H and O–H groups in total. The van der Waals surface area contributed by atoms with Gasteiger partial charge in [-0.2, -0.15) is 0 Å². The Morgan fingerprint density at radius 1 is 1.25 bits per heavy atom. The van der Waals surface area contributed by atoms with Gasteiger partial charge < -0.3 is 4.74 Å². The number of halogens is 2. The van der Waals surface area contributed by atoms with Crippen molar-refractivity contribution in [3.63, 3.8) is 0 Å². The van der Waals surface area contributed by atoms with Crippen LogP contribution in [0.3, 0.4) is 0 Å². The van der Waals surface area contributed by atoms with E-state index in [-0.39, 0.29) is 15.2 Å². The van der Waals surface area contributed by atoms with Gasteiger partial charge in [-0.25, -0.2) is 8.42 Å². The van der Waals surface area contributed by atoms with Crippen molar-refractivity contribution in [1.29, 1.82) is 0 Å². The molecular formula is C10H12Br2O3S. The first-order valence-corrected chi connectivity index (χ1v) is 8.47. The highest BCUT2D eigenvalue weighted by molar-refractivity contribution is 9.11. The van der Waals surface area contributed by atoms with Gasteiger partial charge >= 0.3 is 0 Å². The molecule has 0 heterocycles. The summed E-state index contributed by atoms with van der Waals surface area (Å²) in [6.45, 7) is 0.330. The summed E-state index contributed by atoms with van der Waals surface area (Å²) < 4.78 is 28.0. The van der Waals surface area contributed by atoms with E-state index in [4.69, 9.17) is 4.74 Å². The van der Waals surface area contributed by atoms with E-state index in [0.29, 0.717) is 6.61 Å². The predicted octanol–water partition coefficient (Wildman–Crippen LogP) is 2.60. The van der Waals surface area contributed by atoms with E-state index in [2.05, 4.69) is 31.9 Å². The first-order valence-electron chi connectivity index (χ1n) is 4.62. The number of hydrogen-bond acceptors (Lipinski definition) is 3. The molecule has 1 rings (SSSR count). The maximum absolute atomic E-state index is 11.3. The van der Waals surface area contributed by atoms with Gasteiger partial charge in [-0.05, 0) is 12.1 Å². The van der Waals surface area contributed by atoms with Gasteiger partial charge in [0.25, 0.3) is 0 Å². The number of para-hydroxylation sites is 1. The molecule has 0 bridgehead atoms. The van der Waals surface area contributed by atoms with E-state index < -0.39 is 9.84 Å². The normalized spacial score (nSPS) is 13.4. The van der Waals surface area contributed by atoms with E-state index in [9.17, 15) is 8.42 Å². The van der Waals surface area contributed by atoms with Crippen LogP contribution in [0.1, 0.15) is 0 Å². The monoisotopic (exact) mass is 370 g/mol. The molecule has 0 aromatic heterocycles. The zero-order valence-electron chi connectivity index (χ0n) is 8.47. The van der Waals surface area contributed by atoms with Crippen molar-refractivity contribution < 1.29 is 13.2 Å². The number of ether oxygens (including phenoxy) is 1. The van der Waals surface area contributed by atoms with Crippen LogP contribution in [0.2, 0.25) is 0 Å². The fourth-order valence-corrected chi connectivity index (χ4v) is 3.71. The van der Waals surface area contributed by atoms with E-state index >= 15 is 0 Å². The van der Waals surface area contributed by atoms with E-state index in [1.54, 1.807) is 0 Å². The Labute approximate surface area is 112 Å². The molecule has 0 radical (unpaired) electrons. The molecule has 90 valence electrons. The molecule has 1 aromatic carbocycles. The SMILES string of the molecule is O=S(=O)(CBr)CC(Br)COc1ccccc1. The Balaban J connectivity index is 2.39. The first-order chi connectivity index (χ1) is 7.53. The van der Waals surface area contributed by atoms with Crippen molar-refractivity contribution >= 4 is 41.7 Å². The summed E-state index contributed by atoms with van der Waals surface area (Å²) in [4.78, 5) is -0.199. The lowest BCUT2D eigenvalue weighted by Gasteiger charge is -2.11. The fourth-order valence-electron chi connectivity index (χ4n) is 1.07. The highest BCUT2D eigenvalue weighted by atomic mass is 79.9. The maximum Gasteiger partial charge on any atom is 0.161 e. The minimum absolute atomic E-state index is 0.0204. The van der Waals surface area contributed by atoms with Gasteiger partial charge in [-0.15, -0.1) is 0 Å². The van der Waals surface area contributed by atoms with Crippen LogP contribution in [0.15, 0.2) is 30.3 Å². The third-order valence-corrected chi connectivity index (χ3v) is 6.13. The van der Waals surface area contributed by atoms with Crippen molar-refractivity contribution in [3.8, 4) is 5.75 Å². The van der Waals surface area contributed by atoms with Gasteiger partial charge in [0, 0.05) is 0 Å². The summed E-state index contributed by atoms with van der Waals surface area (Å²) in [5.41, 5.74) is 0. The molecular weight excluding hydrogens is 360 g/mol. The zero-order valence-corrected chi connectivity index (χ0v) is 12.5. The van der Waals surface area contributed by atoms with Gasteiger partial charge in [-0.3, -0.25) is 0 Å². The fraction of sp³-hybridized carbons (Fsp3) is 0.400. The number of sulfone groups is 1. The van der Waals surface area contributed by atoms with Crippen LogP contribution in [0.4, 0.5) is 0 Å². The summed E-state index contributed by atoms with van der Waals surface area (Å²) in [5.74, 6) is 0.800. The Kier molecular flexibility index (Phi) is 5.78. The summed E-state index contributed by atoms with van der Waals surface area (Å²) >= 11 is 6.23. The lowest BCUT2D eigenvalue weighted by Crippen LogP contribution is -2.22. The van der Waals surface area contributed by atoms with Crippen LogP contribution >= 0.6 is 31.9 Å². The van der Waals surface area contributed by atoms with Gasteiger partial charge in [-0.1, -0.05) is 50.1 Å². The Bertz CT molecular complexity index is 405.